The third-order valence-corrected chi connectivity index (χ3v) is 4.70. The highest BCUT2D eigenvalue weighted by Gasteiger charge is 2.13. The highest BCUT2D eigenvalue weighted by atomic mass is 35.5. The number of anilines is 1. The van der Waals surface area contributed by atoms with Crippen molar-refractivity contribution in [2.75, 3.05) is 19.0 Å². The Morgan fingerprint density at radius 3 is 2.41 bits per heavy atom. The Balaban J connectivity index is 1.72. The maximum Gasteiger partial charge on any atom is 0.180 e. The Labute approximate surface area is 177 Å². The maximum atomic E-state index is 6.54. The summed E-state index contributed by atoms with van der Waals surface area (Å²) < 4.78 is 17.0. The van der Waals surface area contributed by atoms with Gasteiger partial charge < -0.3 is 19.5 Å². The number of ether oxygens (including phenoxy) is 3. The van der Waals surface area contributed by atoms with Gasteiger partial charge in [-0.2, -0.15) is 0 Å². The Morgan fingerprint density at radius 2 is 1.72 bits per heavy atom. The average molecular weight is 412 g/mol. The van der Waals surface area contributed by atoms with E-state index in [1.54, 1.807) is 7.11 Å². The SMILES string of the molecule is CCOc1cc(CNc2ccc(OC)cc2)cc(Cl)c1OCc1cccc(C)c1. The quantitative estimate of drug-likeness (QED) is 0.452. The van der Waals surface area contributed by atoms with E-state index in [1.807, 2.05) is 55.5 Å². The van der Waals surface area contributed by atoms with Gasteiger partial charge in [0.05, 0.1) is 18.7 Å². The molecule has 5 heteroatoms. The summed E-state index contributed by atoms with van der Waals surface area (Å²) in [6, 6.07) is 19.9. The lowest BCUT2D eigenvalue weighted by Gasteiger charge is -2.16. The molecule has 0 atom stereocenters. The van der Waals surface area contributed by atoms with Gasteiger partial charge in [0, 0.05) is 12.2 Å². The second-order valence-electron chi connectivity index (χ2n) is 6.70. The summed E-state index contributed by atoms with van der Waals surface area (Å²) in [5.74, 6) is 2.05. The standard InChI is InChI=1S/C24H26ClNO3/c1-4-28-23-14-19(15-26-20-8-10-21(27-3)11-9-20)13-22(25)24(23)29-16-18-7-5-6-17(2)12-18/h5-14,26H,4,15-16H2,1-3H3. The predicted octanol–water partition coefficient (Wildman–Crippen LogP) is 6.25. The number of hydrogen-bond donors (Lipinski definition) is 1. The second kappa shape index (κ2) is 10.1. The van der Waals surface area contributed by atoms with Gasteiger partial charge in [-0.3, -0.25) is 0 Å². The zero-order valence-electron chi connectivity index (χ0n) is 17.0. The number of nitrogens with one attached hydrogen (secondary N) is 1. The number of hydrogen-bond acceptors (Lipinski definition) is 4. The molecule has 4 nitrogen and oxygen atoms in total. The van der Waals surface area contributed by atoms with Crippen LogP contribution in [0.15, 0.2) is 60.7 Å². The summed E-state index contributed by atoms with van der Waals surface area (Å²) in [4.78, 5) is 0. The summed E-state index contributed by atoms with van der Waals surface area (Å²) in [7, 11) is 1.66. The van der Waals surface area contributed by atoms with Crippen LogP contribution in [-0.4, -0.2) is 13.7 Å². The highest BCUT2D eigenvalue weighted by Crippen LogP contribution is 2.37. The number of benzene rings is 3. The molecule has 0 saturated carbocycles. The van der Waals surface area contributed by atoms with Crippen LogP contribution in [0.3, 0.4) is 0 Å². The molecule has 0 aliphatic heterocycles. The van der Waals surface area contributed by atoms with Crippen LogP contribution in [0.25, 0.3) is 0 Å². The smallest absolute Gasteiger partial charge is 0.180 e. The van der Waals surface area contributed by atoms with E-state index in [9.17, 15) is 0 Å². The predicted molar refractivity (Wildman–Crippen MR) is 118 cm³/mol. The molecule has 3 rings (SSSR count). The van der Waals surface area contributed by atoms with Crippen LogP contribution in [0, 0.1) is 6.92 Å². The topological polar surface area (TPSA) is 39.7 Å². The molecule has 0 radical (unpaired) electrons. The van der Waals surface area contributed by atoms with Crippen molar-refractivity contribution in [2.45, 2.75) is 27.0 Å². The van der Waals surface area contributed by atoms with Crippen molar-refractivity contribution in [3.8, 4) is 17.2 Å². The van der Waals surface area contributed by atoms with Crippen LogP contribution >= 0.6 is 11.6 Å². The fraction of sp³-hybridized carbons (Fsp3) is 0.250. The Morgan fingerprint density at radius 1 is 0.931 bits per heavy atom. The summed E-state index contributed by atoms with van der Waals surface area (Å²) in [6.45, 7) is 5.59. The summed E-state index contributed by atoms with van der Waals surface area (Å²) in [6.07, 6.45) is 0. The van der Waals surface area contributed by atoms with E-state index in [-0.39, 0.29) is 0 Å². The molecule has 3 aromatic carbocycles. The molecule has 0 aromatic heterocycles. The molecular weight excluding hydrogens is 386 g/mol. The Hall–Kier alpha value is -2.85. The monoisotopic (exact) mass is 411 g/mol. The van der Waals surface area contributed by atoms with Crippen LogP contribution in [0.4, 0.5) is 5.69 Å². The highest BCUT2D eigenvalue weighted by molar-refractivity contribution is 6.32. The van der Waals surface area contributed by atoms with Crippen LogP contribution in [0.1, 0.15) is 23.6 Å². The lowest BCUT2D eigenvalue weighted by Crippen LogP contribution is -2.04. The molecule has 0 unspecified atom stereocenters. The van der Waals surface area contributed by atoms with E-state index in [4.69, 9.17) is 25.8 Å². The van der Waals surface area contributed by atoms with E-state index in [0.29, 0.717) is 36.3 Å². The van der Waals surface area contributed by atoms with Gasteiger partial charge in [0.15, 0.2) is 11.5 Å². The first kappa shape index (κ1) is 20.9. The Bertz CT molecular complexity index is 941. The number of halogens is 1. The lowest BCUT2D eigenvalue weighted by molar-refractivity contribution is 0.269. The van der Waals surface area contributed by atoms with Gasteiger partial charge in [0.25, 0.3) is 0 Å². The Kier molecular flexibility index (Phi) is 7.25. The fourth-order valence-electron chi connectivity index (χ4n) is 3.00. The van der Waals surface area contributed by atoms with Gasteiger partial charge in [-0.1, -0.05) is 41.4 Å². The van der Waals surface area contributed by atoms with E-state index in [1.165, 1.54) is 5.56 Å². The minimum atomic E-state index is 0.435. The largest absolute Gasteiger partial charge is 0.497 e. The van der Waals surface area contributed by atoms with E-state index in [2.05, 4.69) is 24.4 Å². The average Bonchev–Trinajstić information content (AvgIpc) is 2.72. The molecule has 29 heavy (non-hydrogen) atoms. The first-order chi connectivity index (χ1) is 14.1. The van der Waals surface area contributed by atoms with Gasteiger partial charge in [-0.05, 0) is 61.4 Å². The molecule has 0 aliphatic carbocycles. The zero-order chi connectivity index (χ0) is 20.6. The molecule has 3 aromatic rings. The van der Waals surface area contributed by atoms with Crippen molar-refractivity contribution in [1.82, 2.24) is 0 Å². The van der Waals surface area contributed by atoms with E-state index in [0.717, 1.165) is 22.6 Å². The molecule has 152 valence electrons. The molecule has 0 fully saturated rings. The van der Waals surface area contributed by atoms with Crippen molar-refractivity contribution < 1.29 is 14.2 Å². The van der Waals surface area contributed by atoms with Gasteiger partial charge in [-0.15, -0.1) is 0 Å². The third kappa shape index (κ3) is 5.81. The van der Waals surface area contributed by atoms with Crippen molar-refractivity contribution in [3.05, 3.63) is 82.4 Å². The molecule has 0 saturated heterocycles. The van der Waals surface area contributed by atoms with Crippen molar-refractivity contribution in [2.24, 2.45) is 0 Å². The van der Waals surface area contributed by atoms with Crippen molar-refractivity contribution >= 4 is 17.3 Å². The van der Waals surface area contributed by atoms with Crippen LogP contribution < -0.4 is 19.5 Å². The molecule has 1 N–H and O–H groups in total. The van der Waals surface area contributed by atoms with E-state index >= 15 is 0 Å². The fourth-order valence-corrected chi connectivity index (χ4v) is 3.28. The van der Waals surface area contributed by atoms with Crippen molar-refractivity contribution in [3.63, 3.8) is 0 Å². The third-order valence-electron chi connectivity index (χ3n) is 4.42. The number of aryl methyl sites for hydroxylation is 1. The first-order valence-electron chi connectivity index (χ1n) is 9.60. The molecule has 0 aliphatic rings. The van der Waals surface area contributed by atoms with Crippen LogP contribution in [-0.2, 0) is 13.2 Å². The minimum absolute atomic E-state index is 0.435. The second-order valence-corrected chi connectivity index (χ2v) is 7.10. The van der Waals surface area contributed by atoms with E-state index < -0.39 is 0 Å². The molecule has 0 heterocycles. The molecular formula is C24H26ClNO3. The zero-order valence-corrected chi connectivity index (χ0v) is 17.8. The molecule has 0 bridgehead atoms. The minimum Gasteiger partial charge on any atom is -0.497 e. The van der Waals surface area contributed by atoms with Crippen molar-refractivity contribution in [1.29, 1.82) is 0 Å². The number of rotatable bonds is 9. The maximum absolute atomic E-state index is 6.54. The van der Waals surface area contributed by atoms with Crippen LogP contribution in [0.5, 0.6) is 17.2 Å². The first-order valence-corrected chi connectivity index (χ1v) is 9.98. The number of methoxy groups -OCH3 is 1. The van der Waals surface area contributed by atoms with Gasteiger partial charge in [0.1, 0.15) is 12.4 Å². The van der Waals surface area contributed by atoms with Crippen LogP contribution in [0.2, 0.25) is 5.02 Å². The van der Waals surface area contributed by atoms with Gasteiger partial charge in [0.2, 0.25) is 0 Å². The summed E-state index contributed by atoms with van der Waals surface area (Å²) in [5.41, 5.74) is 4.30. The molecule has 0 amide bonds. The summed E-state index contributed by atoms with van der Waals surface area (Å²) in [5, 5.41) is 3.92. The van der Waals surface area contributed by atoms with Gasteiger partial charge >= 0.3 is 0 Å². The summed E-state index contributed by atoms with van der Waals surface area (Å²) >= 11 is 6.54. The van der Waals surface area contributed by atoms with Gasteiger partial charge in [-0.25, -0.2) is 0 Å². The lowest BCUT2D eigenvalue weighted by atomic mass is 10.1. The normalized spacial score (nSPS) is 10.5. The molecule has 0 spiro atoms.